The number of carbonyl (C=O) groups excluding carboxylic acids is 1. The number of carbonyl (C=O) groups is 2. The largest absolute Gasteiger partial charge is 0.481 e. The van der Waals surface area contributed by atoms with Gasteiger partial charge in [-0.15, -0.1) is 0 Å². The Labute approximate surface area is 223 Å². The monoisotopic (exact) mass is 537 g/mol. The van der Waals surface area contributed by atoms with Gasteiger partial charge >= 0.3 is 12.1 Å². The zero-order chi connectivity index (χ0) is 28.0. The molecular formula is C28H26F3N5O3. The number of carboxylic acids is 1. The van der Waals surface area contributed by atoms with Gasteiger partial charge in [0.05, 0.1) is 17.3 Å². The van der Waals surface area contributed by atoms with Crippen LogP contribution >= 0.6 is 0 Å². The van der Waals surface area contributed by atoms with Crippen molar-refractivity contribution in [3.8, 4) is 17.3 Å². The van der Waals surface area contributed by atoms with Crippen LogP contribution < -0.4 is 10.2 Å². The zero-order valence-electron chi connectivity index (χ0n) is 20.9. The van der Waals surface area contributed by atoms with Crippen LogP contribution in [0.4, 0.5) is 19.0 Å². The molecule has 1 saturated heterocycles. The van der Waals surface area contributed by atoms with E-state index in [1.165, 1.54) is 6.07 Å². The van der Waals surface area contributed by atoms with E-state index in [-0.39, 0.29) is 23.8 Å². The molecule has 2 N–H and O–H groups in total. The lowest BCUT2D eigenvalue weighted by molar-refractivity contribution is -0.144. The summed E-state index contributed by atoms with van der Waals surface area (Å²) in [5.74, 6) is -2.51. The van der Waals surface area contributed by atoms with E-state index in [9.17, 15) is 22.8 Å². The number of nitriles is 1. The molecule has 1 aliphatic rings. The van der Waals surface area contributed by atoms with Crippen LogP contribution in [-0.4, -0.2) is 46.1 Å². The summed E-state index contributed by atoms with van der Waals surface area (Å²) in [7, 11) is 0. The van der Waals surface area contributed by atoms with Crippen molar-refractivity contribution in [1.82, 2.24) is 15.3 Å². The molecule has 39 heavy (non-hydrogen) atoms. The van der Waals surface area contributed by atoms with Gasteiger partial charge in [0.2, 0.25) is 11.7 Å². The van der Waals surface area contributed by atoms with E-state index in [0.717, 1.165) is 11.1 Å². The number of aryl methyl sites for hydroxylation is 1. The van der Waals surface area contributed by atoms with Gasteiger partial charge in [-0.25, -0.2) is 9.97 Å². The number of halogens is 3. The van der Waals surface area contributed by atoms with E-state index < -0.39 is 24.0 Å². The summed E-state index contributed by atoms with van der Waals surface area (Å²) in [5.41, 5.74) is 2.71. The van der Waals surface area contributed by atoms with Gasteiger partial charge in [-0.2, -0.15) is 18.4 Å². The van der Waals surface area contributed by atoms with E-state index in [4.69, 9.17) is 10.4 Å². The number of alkyl halides is 3. The van der Waals surface area contributed by atoms with Crippen molar-refractivity contribution in [2.75, 3.05) is 18.0 Å². The minimum absolute atomic E-state index is 0.0204. The summed E-state index contributed by atoms with van der Waals surface area (Å²) >= 11 is 0. The van der Waals surface area contributed by atoms with Crippen molar-refractivity contribution in [1.29, 1.82) is 5.26 Å². The van der Waals surface area contributed by atoms with Gasteiger partial charge in [-0.3, -0.25) is 9.59 Å². The first-order chi connectivity index (χ1) is 18.6. The van der Waals surface area contributed by atoms with Crippen LogP contribution in [0, 0.1) is 11.3 Å². The third-order valence-electron chi connectivity index (χ3n) is 6.49. The molecule has 0 saturated carbocycles. The Balaban J connectivity index is 1.51. The smallest absolute Gasteiger partial charge is 0.451 e. The predicted octanol–water partition coefficient (Wildman–Crippen LogP) is 4.38. The molecule has 11 heteroatoms. The molecular weight excluding hydrogens is 511 g/mol. The van der Waals surface area contributed by atoms with Crippen molar-refractivity contribution in [3.63, 3.8) is 0 Å². The number of benzene rings is 2. The molecule has 0 bridgehead atoms. The maximum absolute atomic E-state index is 13.7. The van der Waals surface area contributed by atoms with Crippen LogP contribution in [0.1, 0.15) is 41.8 Å². The number of aromatic nitrogens is 2. The van der Waals surface area contributed by atoms with Crippen LogP contribution in [0.25, 0.3) is 11.3 Å². The highest BCUT2D eigenvalue weighted by Crippen LogP contribution is 2.33. The molecule has 1 fully saturated rings. The number of anilines is 1. The van der Waals surface area contributed by atoms with Crippen molar-refractivity contribution >= 4 is 17.7 Å². The standard InChI is InChI=1S/C28H26F3N5O3/c29-28(30,31)27-34-22(21-10-7-18(8-11-21)9-12-25(37)38)16-24(35-27)36-15-1-2-23(36)26(39)33-14-13-19-3-5-20(17-32)6-4-19/h3-8,10-11,16,23H,1-2,9,12-15H2,(H,33,39)(H,37,38)/t23-/m0/s1. The molecule has 0 unspecified atom stereocenters. The second kappa shape index (κ2) is 11.9. The van der Waals surface area contributed by atoms with Gasteiger partial charge in [0.1, 0.15) is 11.9 Å². The number of carboxylic acid groups (broad SMARTS) is 1. The minimum Gasteiger partial charge on any atom is -0.481 e. The van der Waals surface area contributed by atoms with Crippen LogP contribution in [0.2, 0.25) is 0 Å². The molecule has 3 aromatic rings. The molecule has 0 spiro atoms. The first kappa shape index (κ1) is 27.6. The fourth-order valence-corrected chi connectivity index (χ4v) is 4.46. The molecule has 2 heterocycles. The number of nitrogens with one attached hydrogen (secondary N) is 1. The van der Waals surface area contributed by atoms with Crippen LogP contribution in [0.3, 0.4) is 0 Å². The molecule has 2 aromatic carbocycles. The Morgan fingerprint density at radius 2 is 1.72 bits per heavy atom. The van der Waals surface area contributed by atoms with Crippen LogP contribution in [-0.2, 0) is 28.6 Å². The van der Waals surface area contributed by atoms with Crippen LogP contribution in [0.15, 0.2) is 54.6 Å². The Kier molecular flexibility index (Phi) is 8.44. The molecule has 0 radical (unpaired) electrons. The topological polar surface area (TPSA) is 119 Å². The summed E-state index contributed by atoms with van der Waals surface area (Å²) in [6.45, 7) is 0.710. The Morgan fingerprint density at radius 3 is 2.36 bits per heavy atom. The van der Waals surface area contributed by atoms with Gasteiger partial charge in [-0.1, -0.05) is 36.4 Å². The average molecular weight is 538 g/mol. The Morgan fingerprint density at radius 1 is 1.05 bits per heavy atom. The predicted molar refractivity (Wildman–Crippen MR) is 137 cm³/mol. The van der Waals surface area contributed by atoms with E-state index in [2.05, 4.69) is 15.3 Å². The quantitative estimate of drug-likeness (QED) is 0.416. The molecule has 1 aliphatic heterocycles. The van der Waals surface area contributed by atoms with Gasteiger partial charge in [0.25, 0.3) is 0 Å². The molecule has 0 aliphatic carbocycles. The number of rotatable bonds is 9. The first-order valence-corrected chi connectivity index (χ1v) is 12.4. The summed E-state index contributed by atoms with van der Waals surface area (Å²) < 4.78 is 41.2. The zero-order valence-corrected chi connectivity index (χ0v) is 20.9. The summed E-state index contributed by atoms with van der Waals surface area (Å²) in [5, 5.41) is 20.6. The van der Waals surface area contributed by atoms with E-state index in [1.807, 2.05) is 18.2 Å². The highest BCUT2D eigenvalue weighted by Gasteiger charge is 2.38. The maximum atomic E-state index is 13.7. The van der Waals surface area contributed by atoms with Crippen molar-refractivity contribution in [2.45, 2.75) is 44.3 Å². The SMILES string of the molecule is N#Cc1ccc(CCNC(=O)[C@@H]2CCCN2c2cc(-c3ccc(CCC(=O)O)cc3)nc(C(F)(F)F)n2)cc1. The highest BCUT2D eigenvalue weighted by molar-refractivity contribution is 5.85. The van der Waals surface area contributed by atoms with Gasteiger partial charge in [-0.05, 0) is 48.9 Å². The van der Waals surface area contributed by atoms with E-state index in [1.54, 1.807) is 41.3 Å². The second-order valence-corrected chi connectivity index (χ2v) is 9.22. The van der Waals surface area contributed by atoms with E-state index in [0.29, 0.717) is 49.9 Å². The minimum atomic E-state index is -4.79. The van der Waals surface area contributed by atoms with Crippen LogP contribution in [0.5, 0.6) is 0 Å². The highest BCUT2D eigenvalue weighted by atomic mass is 19.4. The maximum Gasteiger partial charge on any atom is 0.451 e. The van der Waals surface area contributed by atoms with Gasteiger partial charge in [0.15, 0.2) is 0 Å². The fourth-order valence-electron chi connectivity index (χ4n) is 4.46. The van der Waals surface area contributed by atoms with Crippen molar-refractivity contribution in [3.05, 3.63) is 77.1 Å². The molecule has 202 valence electrons. The number of hydrogen-bond donors (Lipinski definition) is 2. The molecule has 1 atom stereocenters. The third-order valence-corrected chi connectivity index (χ3v) is 6.49. The van der Waals surface area contributed by atoms with Crippen molar-refractivity contribution in [2.24, 2.45) is 0 Å². The Hall–Kier alpha value is -4.46. The first-order valence-electron chi connectivity index (χ1n) is 12.4. The van der Waals surface area contributed by atoms with E-state index >= 15 is 0 Å². The lowest BCUT2D eigenvalue weighted by Crippen LogP contribution is -2.44. The summed E-state index contributed by atoms with van der Waals surface area (Å²) in [6.07, 6.45) is -2.91. The van der Waals surface area contributed by atoms with Crippen molar-refractivity contribution < 1.29 is 27.9 Å². The molecule has 8 nitrogen and oxygen atoms in total. The summed E-state index contributed by atoms with van der Waals surface area (Å²) in [6, 6.07) is 16.4. The fraction of sp³-hybridized carbons (Fsp3) is 0.321. The number of aliphatic carboxylic acids is 1. The van der Waals surface area contributed by atoms with Gasteiger partial charge in [0, 0.05) is 31.1 Å². The second-order valence-electron chi connectivity index (χ2n) is 9.22. The normalized spacial score (nSPS) is 15.1. The number of amides is 1. The lowest BCUT2D eigenvalue weighted by atomic mass is 10.1. The molecule has 1 aromatic heterocycles. The Bertz CT molecular complexity index is 1370. The lowest BCUT2D eigenvalue weighted by Gasteiger charge is -2.26. The van der Waals surface area contributed by atoms with Gasteiger partial charge < -0.3 is 15.3 Å². The number of nitrogens with zero attached hydrogens (tertiary/aromatic N) is 4. The molecule has 4 rings (SSSR count). The third kappa shape index (κ3) is 7.10. The average Bonchev–Trinajstić information content (AvgIpc) is 3.42. The number of hydrogen-bond acceptors (Lipinski definition) is 6. The molecule has 1 amide bonds. The summed E-state index contributed by atoms with van der Waals surface area (Å²) in [4.78, 5) is 32.9.